The van der Waals surface area contributed by atoms with Gasteiger partial charge in [-0.1, -0.05) is 0 Å². The van der Waals surface area contributed by atoms with Crippen LogP contribution in [0.5, 0.6) is 0 Å². The van der Waals surface area contributed by atoms with E-state index in [1.165, 1.54) is 0 Å². The molecule has 1 saturated carbocycles. The van der Waals surface area contributed by atoms with E-state index in [4.69, 9.17) is 9.47 Å². The van der Waals surface area contributed by atoms with E-state index in [-0.39, 0.29) is 24.7 Å². The SMILES string of the molecule is CCOCC(=O)N[C@@H]1CC[C@@H](OC)[C@@H]1O. The summed E-state index contributed by atoms with van der Waals surface area (Å²) in [5.41, 5.74) is 0. The highest BCUT2D eigenvalue weighted by Gasteiger charge is 2.35. The number of methoxy groups -OCH3 is 1. The quantitative estimate of drug-likeness (QED) is 0.662. The zero-order valence-corrected chi connectivity index (χ0v) is 9.23. The van der Waals surface area contributed by atoms with Crippen LogP contribution < -0.4 is 5.32 Å². The minimum Gasteiger partial charge on any atom is -0.388 e. The van der Waals surface area contributed by atoms with Crippen molar-refractivity contribution in [2.75, 3.05) is 20.3 Å². The lowest BCUT2D eigenvalue weighted by atomic mass is 10.2. The molecule has 1 rings (SSSR count). The predicted molar refractivity (Wildman–Crippen MR) is 54.5 cm³/mol. The smallest absolute Gasteiger partial charge is 0.246 e. The lowest BCUT2D eigenvalue weighted by Crippen LogP contribution is -2.44. The van der Waals surface area contributed by atoms with Gasteiger partial charge >= 0.3 is 0 Å². The number of hydrogen-bond acceptors (Lipinski definition) is 4. The average molecular weight is 217 g/mol. The molecule has 0 aromatic heterocycles. The molecule has 1 aliphatic carbocycles. The molecule has 2 N–H and O–H groups in total. The second kappa shape index (κ2) is 6.05. The zero-order valence-electron chi connectivity index (χ0n) is 9.23. The van der Waals surface area contributed by atoms with Crippen LogP contribution in [-0.2, 0) is 14.3 Å². The largest absolute Gasteiger partial charge is 0.388 e. The Morgan fingerprint density at radius 2 is 2.27 bits per heavy atom. The summed E-state index contributed by atoms with van der Waals surface area (Å²) in [4.78, 5) is 11.3. The summed E-state index contributed by atoms with van der Waals surface area (Å²) in [6.07, 6.45) is 0.748. The maximum atomic E-state index is 11.3. The molecule has 0 aromatic carbocycles. The molecule has 0 spiro atoms. The molecular weight excluding hydrogens is 198 g/mol. The highest BCUT2D eigenvalue weighted by molar-refractivity contribution is 5.77. The van der Waals surface area contributed by atoms with E-state index in [0.717, 1.165) is 12.8 Å². The highest BCUT2D eigenvalue weighted by Crippen LogP contribution is 2.22. The van der Waals surface area contributed by atoms with E-state index < -0.39 is 6.10 Å². The first kappa shape index (κ1) is 12.4. The standard InChI is InChI=1S/C10H19NO4/c1-3-15-6-9(12)11-7-4-5-8(14-2)10(7)13/h7-8,10,13H,3-6H2,1-2H3,(H,11,12)/t7-,8-,10-/m1/s1. The third kappa shape index (κ3) is 3.44. The number of hydrogen-bond donors (Lipinski definition) is 2. The van der Waals surface area contributed by atoms with Crippen LogP contribution >= 0.6 is 0 Å². The highest BCUT2D eigenvalue weighted by atomic mass is 16.5. The summed E-state index contributed by atoms with van der Waals surface area (Å²) >= 11 is 0. The normalized spacial score (nSPS) is 30.5. The number of aliphatic hydroxyl groups excluding tert-OH is 1. The van der Waals surface area contributed by atoms with Crippen molar-refractivity contribution < 1.29 is 19.4 Å². The first-order chi connectivity index (χ1) is 7.19. The second-order valence-corrected chi connectivity index (χ2v) is 3.65. The van der Waals surface area contributed by atoms with E-state index in [1.54, 1.807) is 7.11 Å². The van der Waals surface area contributed by atoms with Crippen molar-refractivity contribution in [3.05, 3.63) is 0 Å². The fourth-order valence-corrected chi connectivity index (χ4v) is 1.80. The summed E-state index contributed by atoms with van der Waals surface area (Å²) < 4.78 is 10.1. The van der Waals surface area contributed by atoms with Crippen LogP contribution in [0.15, 0.2) is 0 Å². The van der Waals surface area contributed by atoms with Gasteiger partial charge in [0.25, 0.3) is 0 Å². The summed E-state index contributed by atoms with van der Waals surface area (Å²) in [6, 6.07) is -0.206. The molecule has 0 radical (unpaired) electrons. The maximum absolute atomic E-state index is 11.3. The van der Waals surface area contributed by atoms with Crippen LogP contribution in [-0.4, -0.2) is 49.6 Å². The summed E-state index contributed by atoms with van der Waals surface area (Å²) in [5, 5.41) is 12.5. The van der Waals surface area contributed by atoms with Gasteiger partial charge in [0.05, 0.1) is 12.1 Å². The number of rotatable bonds is 5. The van der Waals surface area contributed by atoms with E-state index in [9.17, 15) is 9.90 Å². The first-order valence-electron chi connectivity index (χ1n) is 5.27. The number of ether oxygens (including phenoxy) is 2. The van der Waals surface area contributed by atoms with Gasteiger partial charge in [-0.2, -0.15) is 0 Å². The van der Waals surface area contributed by atoms with Gasteiger partial charge in [-0.15, -0.1) is 0 Å². The molecule has 88 valence electrons. The van der Waals surface area contributed by atoms with E-state index >= 15 is 0 Å². The number of carbonyl (C=O) groups excluding carboxylic acids is 1. The van der Waals surface area contributed by atoms with Gasteiger partial charge in [0.1, 0.15) is 12.7 Å². The van der Waals surface area contributed by atoms with E-state index in [1.807, 2.05) is 6.92 Å². The Labute approximate surface area is 89.8 Å². The molecule has 15 heavy (non-hydrogen) atoms. The Hall–Kier alpha value is -0.650. The summed E-state index contributed by atoms with van der Waals surface area (Å²) in [6.45, 7) is 2.40. The van der Waals surface area contributed by atoms with Crippen molar-refractivity contribution in [1.29, 1.82) is 0 Å². The predicted octanol–water partition coefficient (Wildman–Crippen LogP) is -0.323. The Kier molecular flexibility index (Phi) is 5.01. The van der Waals surface area contributed by atoms with Crippen molar-refractivity contribution in [2.45, 2.75) is 38.0 Å². The number of aliphatic hydroxyl groups is 1. The monoisotopic (exact) mass is 217 g/mol. The Morgan fingerprint density at radius 1 is 1.53 bits per heavy atom. The molecule has 0 bridgehead atoms. The molecule has 0 aliphatic heterocycles. The van der Waals surface area contributed by atoms with Gasteiger partial charge in [-0.25, -0.2) is 0 Å². The zero-order chi connectivity index (χ0) is 11.3. The van der Waals surface area contributed by atoms with Crippen LogP contribution in [0.25, 0.3) is 0 Å². The third-order valence-electron chi connectivity index (χ3n) is 2.64. The van der Waals surface area contributed by atoms with Crippen LogP contribution in [0.2, 0.25) is 0 Å². The van der Waals surface area contributed by atoms with Crippen molar-refractivity contribution in [3.63, 3.8) is 0 Å². The van der Waals surface area contributed by atoms with Gasteiger partial charge in [0.2, 0.25) is 5.91 Å². The third-order valence-corrected chi connectivity index (χ3v) is 2.64. The van der Waals surface area contributed by atoms with Crippen LogP contribution in [0.1, 0.15) is 19.8 Å². The molecule has 3 atom stereocenters. The average Bonchev–Trinajstić information content (AvgIpc) is 2.57. The van der Waals surface area contributed by atoms with Gasteiger partial charge in [0.15, 0.2) is 0 Å². The van der Waals surface area contributed by atoms with E-state index in [0.29, 0.717) is 6.61 Å². The molecule has 1 aliphatic rings. The lowest BCUT2D eigenvalue weighted by Gasteiger charge is -2.19. The van der Waals surface area contributed by atoms with Crippen molar-refractivity contribution in [2.24, 2.45) is 0 Å². The second-order valence-electron chi connectivity index (χ2n) is 3.65. The fourth-order valence-electron chi connectivity index (χ4n) is 1.80. The van der Waals surface area contributed by atoms with Gasteiger partial charge in [-0.05, 0) is 19.8 Å². The van der Waals surface area contributed by atoms with Crippen LogP contribution in [0, 0.1) is 0 Å². The van der Waals surface area contributed by atoms with Crippen molar-refractivity contribution in [3.8, 4) is 0 Å². The van der Waals surface area contributed by atoms with Gasteiger partial charge in [-0.3, -0.25) is 4.79 Å². The molecule has 0 saturated heterocycles. The Bertz CT molecular complexity index is 210. The van der Waals surface area contributed by atoms with Crippen molar-refractivity contribution in [1.82, 2.24) is 5.32 Å². The summed E-state index contributed by atoms with van der Waals surface area (Å²) in [7, 11) is 1.57. The van der Waals surface area contributed by atoms with Crippen molar-refractivity contribution >= 4 is 5.91 Å². The number of carbonyl (C=O) groups is 1. The van der Waals surface area contributed by atoms with Gasteiger partial charge < -0.3 is 19.9 Å². The molecule has 0 aromatic rings. The fraction of sp³-hybridized carbons (Fsp3) is 0.900. The molecule has 1 amide bonds. The number of nitrogens with one attached hydrogen (secondary N) is 1. The molecule has 1 fully saturated rings. The van der Waals surface area contributed by atoms with E-state index in [2.05, 4.69) is 5.32 Å². The maximum Gasteiger partial charge on any atom is 0.246 e. The molecule has 5 nitrogen and oxygen atoms in total. The Balaban J connectivity index is 2.30. The minimum absolute atomic E-state index is 0.0529. The summed E-state index contributed by atoms with van der Waals surface area (Å²) in [5.74, 6) is -0.183. The minimum atomic E-state index is -0.611. The number of amides is 1. The lowest BCUT2D eigenvalue weighted by molar-refractivity contribution is -0.127. The Morgan fingerprint density at radius 3 is 2.80 bits per heavy atom. The van der Waals surface area contributed by atoms with Crippen LogP contribution in [0.3, 0.4) is 0 Å². The molecular formula is C10H19NO4. The molecule has 0 heterocycles. The van der Waals surface area contributed by atoms with Gasteiger partial charge in [0, 0.05) is 13.7 Å². The molecule has 0 unspecified atom stereocenters. The van der Waals surface area contributed by atoms with Crippen LogP contribution in [0.4, 0.5) is 0 Å². The molecule has 5 heteroatoms. The topological polar surface area (TPSA) is 67.8 Å². The first-order valence-corrected chi connectivity index (χ1v) is 5.27.